The van der Waals surface area contributed by atoms with E-state index < -0.39 is 0 Å². The van der Waals surface area contributed by atoms with Gasteiger partial charge in [-0.1, -0.05) is 42.1 Å². The number of methoxy groups -OCH3 is 1. The summed E-state index contributed by atoms with van der Waals surface area (Å²) in [4.78, 5) is 23.2. The van der Waals surface area contributed by atoms with Gasteiger partial charge in [0, 0.05) is 30.5 Å². The van der Waals surface area contributed by atoms with Crippen molar-refractivity contribution in [1.82, 2.24) is 15.3 Å². The quantitative estimate of drug-likeness (QED) is 0.361. The van der Waals surface area contributed by atoms with Crippen LogP contribution in [0.3, 0.4) is 0 Å². The molecule has 0 radical (unpaired) electrons. The van der Waals surface area contributed by atoms with Gasteiger partial charge in [0.2, 0.25) is 5.91 Å². The van der Waals surface area contributed by atoms with Crippen LogP contribution in [0.25, 0.3) is 20.7 Å². The van der Waals surface area contributed by atoms with Crippen LogP contribution in [0.15, 0.2) is 41.4 Å². The Balaban J connectivity index is 1.73. The third-order valence-electron chi connectivity index (χ3n) is 3.72. The Labute approximate surface area is 161 Å². The molecule has 1 amide bonds. The maximum atomic E-state index is 12.0. The first-order valence-electron chi connectivity index (χ1n) is 8.39. The largest absolute Gasteiger partial charge is 0.385 e. The van der Waals surface area contributed by atoms with Crippen molar-refractivity contribution < 1.29 is 9.53 Å². The molecule has 136 valence electrons. The maximum absolute atomic E-state index is 12.0. The van der Waals surface area contributed by atoms with E-state index in [-0.39, 0.29) is 5.91 Å². The molecule has 2 aromatic heterocycles. The van der Waals surface area contributed by atoms with E-state index in [1.807, 2.05) is 25.1 Å². The smallest absolute Gasteiger partial charge is 0.230 e. The van der Waals surface area contributed by atoms with Gasteiger partial charge in [-0.2, -0.15) is 0 Å². The first kappa shape index (κ1) is 18.8. The van der Waals surface area contributed by atoms with Crippen LogP contribution in [0.4, 0.5) is 0 Å². The molecule has 2 heterocycles. The molecule has 7 heteroatoms. The average Bonchev–Trinajstić information content (AvgIpc) is 3.08. The third kappa shape index (κ3) is 4.81. The third-order valence-corrected chi connectivity index (χ3v) is 5.78. The summed E-state index contributed by atoms with van der Waals surface area (Å²) in [6.07, 6.45) is 0.814. The highest BCUT2D eigenvalue weighted by atomic mass is 32.2. The molecule has 0 fully saturated rings. The fraction of sp³-hybridized carbons (Fsp3) is 0.316. The number of rotatable bonds is 8. The second-order valence-corrected chi connectivity index (χ2v) is 7.75. The van der Waals surface area contributed by atoms with Crippen molar-refractivity contribution in [2.45, 2.75) is 18.4 Å². The lowest BCUT2D eigenvalue weighted by Gasteiger charge is -2.05. The molecule has 0 atom stereocenters. The number of aromatic nitrogens is 2. The molecule has 0 aliphatic carbocycles. The minimum Gasteiger partial charge on any atom is -0.385 e. The number of nitrogens with one attached hydrogen (secondary N) is 1. The zero-order chi connectivity index (χ0) is 18.4. The van der Waals surface area contributed by atoms with Gasteiger partial charge in [-0.05, 0) is 25.0 Å². The van der Waals surface area contributed by atoms with Crippen LogP contribution in [-0.4, -0.2) is 41.9 Å². The normalized spacial score (nSPS) is 11.0. The summed E-state index contributed by atoms with van der Waals surface area (Å²) in [6.45, 7) is 3.16. The van der Waals surface area contributed by atoms with E-state index in [2.05, 4.69) is 33.5 Å². The number of hydrogen-bond acceptors (Lipinski definition) is 6. The van der Waals surface area contributed by atoms with Gasteiger partial charge in [0.15, 0.2) is 0 Å². The Morgan fingerprint density at radius 1 is 1.27 bits per heavy atom. The number of nitrogens with zero attached hydrogens (tertiary/aromatic N) is 2. The van der Waals surface area contributed by atoms with Crippen molar-refractivity contribution in [2.75, 3.05) is 26.0 Å². The summed E-state index contributed by atoms with van der Waals surface area (Å²) in [7, 11) is 1.66. The van der Waals surface area contributed by atoms with Crippen LogP contribution in [0.1, 0.15) is 12.2 Å². The molecule has 1 aromatic carbocycles. The first-order chi connectivity index (χ1) is 12.7. The maximum Gasteiger partial charge on any atom is 0.230 e. The monoisotopic (exact) mass is 387 g/mol. The summed E-state index contributed by atoms with van der Waals surface area (Å²) < 4.78 is 4.98. The number of benzene rings is 1. The summed E-state index contributed by atoms with van der Waals surface area (Å²) in [5.41, 5.74) is 1.17. The number of thioether (sulfide) groups is 1. The predicted octanol–water partition coefficient (Wildman–Crippen LogP) is 3.91. The minimum absolute atomic E-state index is 0.00836. The predicted molar refractivity (Wildman–Crippen MR) is 108 cm³/mol. The van der Waals surface area contributed by atoms with Crippen molar-refractivity contribution in [2.24, 2.45) is 0 Å². The molecule has 5 nitrogen and oxygen atoms in total. The van der Waals surface area contributed by atoms with E-state index in [0.717, 1.165) is 32.4 Å². The number of ether oxygens (including phenoxy) is 1. The Morgan fingerprint density at radius 3 is 2.85 bits per heavy atom. The molecular weight excluding hydrogens is 366 g/mol. The van der Waals surface area contributed by atoms with Gasteiger partial charge in [-0.3, -0.25) is 4.79 Å². The number of aryl methyl sites for hydroxylation is 1. The lowest BCUT2D eigenvalue weighted by atomic mass is 10.2. The molecule has 0 unspecified atom stereocenters. The second kappa shape index (κ2) is 9.12. The fourth-order valence-corrected chi connectivity index (χ4v) is 4.51. The zero-order valence-corrected chi connectivity index (χ0v) is 16.5. The number of carbonyl (C=O) groups excluding carboxylic acids is 1. The molecule has 3 aromatic rings. The molecule has 3 rings (SSSR count). The van der Waals surface area contributed by atoms with Crippen LogP contribution < -0.4 is 5.32 Å². The molecule has 0 saturated heterocycles. The highest BCUT2D eigenvalue weighted by Gasteiger charge is 2.13. The number of carbonyl (C=O) groups is 1. The molecular formula is C19H21N3O2S2. The SMILES string of the molecule is COCCCNC(=O)CSc1nc(C)nc2sc(-c3ccccc3)cc12. The molecule has 0 aliphatic heterocycles. The molecule has 0 bridgehead atoms. The highest BCUT2D eigenvalue weighted by Crippen LogP contribution is 2.36. The summed E-state index contributed by atoms with van der Waals surface area (Å²) >= 11 is 3.11. The van der Waals surface area contributed by atoms with Gasteiger partial charge in [0.05, 0.1) is 5.75 Å². The number of thiophene rings is 1. The van der Waals surface area contributed by atoms with Gasteiger partial charge in [-0.15, -0.1) is 11.3 Å². The standard InChI is InChI=1S/C19H21N3O2S2/c1-13-21-18(25-12-17(23)20-9-6-10-24-2)15-11-16(26-19(15)22-13)14-7-4-3-5-8-14/h3-5,7-8,11H,6,9-10,12H2,1-2H3,(H,20,23). The Hall–Kier alpha value is -1.96. The number of hydrogen-bond donors (Lipinski definition) is 1. The van der Waals surface area contributed by atoms with Crippen LogP contribution in [0.2, 0.25) is 0 Å². The van der Waals surface area contributed by atoms with Crippen LogP contribution in [0, 0.1) is 6.92 Å². The van der Waals surface area contributed by atoms with Gasteiger partial charge in [-0.25, -0.2) is 9.97 Å². The van der Waals surface area contributed by atoms with E-state index in [1.165, 1.54) is 17.3 Å². The Morgan fingerprint density at radius 2 is 2.08 bits per heavy atom. The molecule has 26 heavy (non-hydrogen) atoms. The van der Waals surface area contributed by atoms with E-state index in [4.69, 9.17) is 4.74 Å². The van der Waals surface area contributed by atoms with Crippen molar-refractivity contribution in [1.29, 1.82) is 0 Å². The van der Waals surface area contributed by atoms with Crippen molar-refractivity contribution >= 4 is 39.2 Å². The van der Waals surface area contributed by atoms with Crippen molar-refractivity contribution in [3.8, 4) is 10.4 Å². The van der Waals surface area contributed by atoms with Crippen LogP contribution in [-0.2, 0) is 9.53 Å². The molecule has 0 spiro atoms. The van der Waals surface area contributed by atoms with Crippen LogP contribution in [0.5, 0.6) is 0 Å². The number of fused-ring (bicyclic) bond motifs is 1. The van der Waals surface area contributed by atoms with Gasteiger partial charge in [0.25, 0.3) is 0 Å². The highest BCUT2D eigenvalue weighted by molar-refractivity contribution is 8.00. The Bertz CT molecular complexity index is 881. The first-order valence-corrected chi connectivity index (χ1v) is 10.2. The number of amides is 1. The van der Waals surface area contributed by atoms with Gasteiger partial charge in [0.1, 0.15) is 15.7 Å². The van der Waals surface area contributed by atoms with E-state index in [9.17, 15) is 4.79 Å². The topological polar surface area (TPSA) is 64.1 Å². The van der Waals surface area contributed by atoms with Gasteiger partial charge >= 0.3 is 0 Å². The second-order valence-electron chi connectivity index (χ2n) is 5.76. The average molecular weight is 388 g/mol. The van der Waals surface area contributed by atoms with E-state index in [1.54, 1.807) is 18.4 Å². The Kier molecular flexibility index (Phi) is 6.60. The fourth-order valence-electron chi connectivity index (χ4n) is 2.48. The summed E-state index contributed by atoms with van der Waals surface area (Å²) in [5, 5.41) is 4.77. The van der Waals surface area contributed by atoms with E-state index in [0.29, 0.717) is 18.9 Å². The summed E-state index contributed by atoms with van der Waals surface area (Å²) in [6, 6.07) is 12.4. The lowest BCUT2D eigenvalue weighted by Crippen LogP contribution is -2.26. The molecule has 1 N–H and O–H groups in total. The lowest BCUT2D eigenvalue weighted by molar-refractivity contribution is -0.118. The van der Waals surface area contributed by atoms with Gasteiger partial charge < -0.3 is 10.1 Å². The van der Waals surface area contributed by atoms with Crippen molar-refractivity contribution in [3.05, 3.63) is 42.2 Å². The zero-order valence-electron chi connectivity index (χ0n) is 14.8. The van der Waals surface area contributed by atoms with Crippen molar-refractivity contribution in [3.63, 3.8) is 0 Å². The molecule has 0 saturated carbocycles. The minimum atomic E-state index is 0.00836. The summed E-state index contributed by atoms with van der Waals surface area (Å²) in [5.74, 6) is 1.07. The van der Waals surface area contributed by atoms with E-state index >= 15 is 0 Å². The van der Waals surface area contributed by atoms with Crippen LogP contribution >= 0.6 is 23.1 Å². The molecule has 0 aliphatic rings.